The fourth-order valence-electron chi connectivity index (χ4n) is 3.29. The lowest BCUT2D eigenvalue weighted by molar-refractivity contribution is 0.0950. The lowest BCUT2D eigenvalue weighted by Crippen LogP contribution is -2.10. The summed E-state index contributed by atoms with van der Waals surface area (Å²) in [4.78, 5) is 27.9. The normalized spacial score (nSPS) is 12.5. The number of benzene rings is 1. The maximum absolute atomic E-state index is 11.9. The van der Waals surface area contributed by atoms with Crippen LogP contribution in [0.5, 0.6) is 5.75 Å². The number of aromatic nitrogens is 4. The second-order valence-electron chi connectivity index (χ2n) is 7.03. The molecular formula is C23H23N5O3. The molecule has 8 heteroatoms. The molecule has 4 rings (SSSR count). The zero-order valence-electron chi connectivity index (χ0n) is 17.1. The topological polar surface area (TPSA) is 120 Å². The number of methoxy groups -OCH3 is 1. The molecule has 0 saturated carbocycles. The van der Waals surface area contributed by atoms with Crippen LogP contribution in [-0.4, -0.2) is 32.8 Å². The Morgan fingerprint density at radius 3 is 3.00 bits per heavy atom. The van der Waals surface area contributed by atoms with E-state index in [9.17, 15) is 4.79 Å². The van der Waals surface area contributed by atoms with Gasteiger partial charge in [-0.3, -0.25) is 9.78 Å². The highest BCUT2D eigenvalue weighted by molar-refractivity contribution is 5.91. The number of hydrogen-bond donors (Lipinski definition) is 2. The van der Waals surface area contributed by atoms with Crippen molar-refractivity contribution in [3.05, 3.63) is 73.0 Å². The van der Waals surface area contributed by atoms with E-state index in [1.807, 2.05) is 42.6 Å². The summed E-state index contributed by atoms with van der Waals surface area (Å²) in [5, 5.41) is 1.01. The first-order chi connectivity index (χ1) is 15.2. The van der Waals surface area contributed by atoms with Crippen LogP contribution in [0.1, 0.15) is 41.8 Å². The summed E-state index contributed by atoms with van der Waals surface area (Å²) >= 11 is 0. The van der Waals surface area contributed by atoms with Crippen LogP contribution in [0.25, 0.3) is 22.2 Å². The standard InChI is InChI=1S/C23H23N5O3/c1-30-21-13-18-15(6-5-9-25-18)12-16(21)19-14-27-22(28-19)17(24)7-3-2-4-8-20(29)23-26-10-11-31-23/h2-3,5-6,9-14,17H,4,7-8,24H2,1H3,(H,27,28)/b3-2+/t17-/m0/s1. The first-order valence-electron chi connectivity index (χ1n) is 9.97. The van der Waals surface area contributed by atoms with Gasteiger partial charge in [-0.1, -0.05) is 18.2 Å². The molecular weight excluding hydrogens is 394 g/mol. The molecule has 0 fully saturated rings. The molecule has 1 aromatic carbocycles. The minimum absolute atomic E-state index is 0.117. The van der Waals surface area contributed by atoms with Gasteiger partial charge >= 0.3 is 0 Å². The Balaban J connectivity index is 1.39. The first kappa shape index (κ1) is 20.5. The van der Waals surface area contributed by atoms with Crippen molar-refractivity contribution in [3.63, 3.8) is 0 Å². The molecule has 0 saturated heterocycles. The number of hydrogen-bond acceptors (Lipinski definition) is 7. The molecule has 0 spiro atoms. The van der Waals surface area contributed by atoms with Crippen LogP contribution in [0.3, 0.4) is 0 Å². The van der Waals surface area contributed by atoms with Crippen molar-refractivity contribution in [2.75, 3.05) is 7.11 Å². The molecule has 0 aliphatic carbocycles. The van der Waals surface area contributed by atoms with Gasteiger partial charge in [-0.05, 0) is 25.0 Å². The van der Waals surface area contributed by atoms with E-state index >= 15 is 0 Å². The van der Waals surface area contributed by atoms with Gasteiger partial charge in [-0.25, -0.2) is 9.97 Å². The Morgan fingerprint density at radius 1 is 1.29 bits per heavy atom. The third-order valence-electron chi connectivity index (χ3n) is 4.91. The van der Waals surface area contributed by atoms with Crippen molar-refractivity contribution >= 4 is 16.7 Å². The molecule has 0 amide bonds. The van der Waals surface area contributed by atoms with Crippen LogP contribution in [-0.2, 0) is 0 Å². The van der Waals surface area contributed by atoms with Crippen molar-refractivity contribution in [1.29, 1.82) is 0 Å². The Bertz CT molecular complexity index is 1200. The summed E-state index contributed by atoms with van der Waals surface area (Å²) in [6.07, 6.45) is 11.9. The van der Waals surface area contributed by atoms with E-state index in [2.05, 4.69) is 19.9 Å². The summed E-state index contributed by atoms with van der Waals surface area (Å²) < 4.78 is 10.5. The average molecular weight is 417 g/mol. The molecule has 0 radical (unpaired) electrons. The van der Waals surface area contributed by atoms with Crippen LogP contribution >= 0.6 is 0 Å². The summed E-state index contributed by atoms with van der Waals surface area (Å²) in [6, 6.07) is 7.52. The molecule has 0 unspecified atom stereocenters. The van der Waals surface area contributed by atoms with E-state index in [4.69, 9.17) is 14.9 Å². The van der Waals surface area contributed by atoms with Crippen molar-refractivity contribution in [2.45, 2.75) is 25.3 Å². The number of nitrogens with two attached hydrogens (primary N) is 1. The summed E-state index contributed by atoms with van der Waals surface area (Å²) in [5.41, 5.74) is 8.78. The quantitative estimate of drug-likeness (QED) is 0.309. The van der Waals surface area contributed by atoms with E-state index in [1.165, 1.54) is 12.5 Å². The Morgan fingerprint density at radius 2 is 2.19 bits per heavy atom. The zero-order valence-corrected chi connectivity index (χ0v) is 17.1. The fourth-order valence-corrected chi connectivity index (χ4v) is 3.29. The van der Waals surface area contributed by atoms with Gasteiger partial charge < -0.3 is 19.9 Å². The number of rotatable bonds is 9. The summed E-state index contributed by atoms with van der Waals surface area (Å²) in [6.45, 7) is 0. The number of H-pyrrole nitrogens is 1. The molecule has 3 aromatic heterocycles. The monoisotopic (exact) mass is 417 g/mol. The molecule has 31 heavy (non-hydrogen) atoms. The van der Waals surface area contributed by atoms with E-state index in [1.54, 1.807) is 13.3 Å². The third-order valence-corrected chi connectivity index (χ3v) is 4.91. The van der Waals surface area contributed by atoms with Gasteiger partial charge in [0, 0.05) is 35.8 Å². The van der Waals surface area contributed by atoms with Crippen molar-refractivity contribution in [3.8, 4) is 17.0 Å². The van der Waals surface area contributed by atoms with E-state index in [0.717, 1.165) is 22.2 Å². The SMILES string of the molecule is COc1cc2ncccc2cc1-c1c[nH]c([C@@H](N)C/C=C/CCC(=O)c2ncco2)n1. The van der Waals surface area contributed by atoms with Gasteiger partial charge in [-0.2, -0.15) is 0 Å². The van der Waals surface area contributed by atoms with Crippen molar-refractivity contribution < 1.29 is 13.9 Å². The Labute approximate surface area is 179 Å². The van der Waals surface area contributed by atoms with Crippen molar-refractivity contribution in [1.82, 2.24) is 19.9 Å². The molecule has 4 aromatic rings. The number of fused-ring (bicyclic) bond motifs is 1. The second-order valence-corrected chi connectivity index (χ2v) is 7.03. The number of aromatic amines is 1. The van der Waals surface area contributed by atoms with Crippen LogP contribution in [0, 0.1) is 0 Å². The predicted molar refractivity (Wildman–Crippen MR) is 117 cm³/mol. The van der Waals surface area contributed by atoms with Gasteiger partial charge in [0.2, 0.25) is 5.78 Å². The molecule has 158 valence electrons. The average Bonchev–Trinajstić information content (AvgIpc) is 3.50. The van der Waals surface area contributed by atoms with E-state index in [0.29, 0.717) is 30.8 Å². The Kier molecular flexibility index (Phi) is 6.18. The molecule has 0 aliphatic heterocycles. The summed E-state index contributed by atoms with van der Waals surface area (Å²) in [7, 11) is 1.63. The molecule has 8 nitrogen and oxygen atoms in total. The van der Waals surface area contributed by atoms with E-state index in [-0.39, 0.29) is 17.7 Å². The molecule has 3 heterocycles. The number of Topliss-reactive ketones (excluding diaryl/α,β-unsaturated/α-hetero) is 1. The molecule has 0 aliphatic rings. The maximum Gasteiger partial charge on any atom is 0.263 e. The first-order valence-corrected chi connectivity index (χ1v) is 9.97. The number of pyridine rings is 1. The number of oxazole rings is 1. The van der Waals surface area contributed by atoms with Gasteiger partial charge in [0.15, 0.2) is 0 Å². The van der Waals surface area contributed by atoms with Gasteiger partial charge in [0.1, 0.15) is 17.8 Å². The largest absolute Gasteiger partial charge is 0.496 e. The van der Waals surface area contributed by atoms with Crippen LogP contribution < -0.4 is 10.5 Å². The second kappa shape index (κ2) is 9.36. The number of carbonyl (C=O) groups is 1. The van der Waals surface area contributed by atoms with Gasteiger partial charge in [0.05, 0.1) is 30.6 Å². The van der Waals surface area contributed by atoms with Crippen LogP contribution in [0.15, 0.2) is 65.7 Å². The maximum atomic E-state index is 11.9. The minimum atomic E-state index is -0.291. The molecule has 1 atom stereocenters. The fraction of sp³-hybridized carbons (Fsp3) is 0.217. The van der Waals surface area contributed by atoms with Crippen molar-refractivity contribution in [2.24, 2.45) is 5.73 Å². The van der Waals surface area contributed by atoms with Crippen LogP contribution in [0.4, 0.5) is 0 Å². The predicted octanol–water partition coefficient (Wildman–Crippen LogP) is 4.23. The number of imidazole rings is 1. The number of nitrogens with one attached hydrogen (secondary N) is 1. The highest BCUT2D eigenvalue weighted by Crippen LogP contribution is 2.33. The lowest BCUT2D eigenvalue weighted by atomic mass is 10.1. The van der Waals surface area contributed by atoms with Crippen LogP contribution in [0.2, 0.25) is 0 Å². The lowest BCUT2D eigenvalue weighted by Gasteiger charge is -2.08. The number of ether oxygens (including phenoxy) is 1. The smallest absolute Gasteiger partial charge is 0.263 e. The highest BCUT2D eigenvalue weighted by Gasteiger charge is 2.15. The number of nitrogens with zero attached hydrogens (tertiary/aromatic N) is 3. The van der Waals surface area contributed by atoms with Gasteiger partial charge in [0.25, 0.3) is 5.89 Å². The molecule has 0 bridgehead atoms. The van der Waals surface area contributed by atoms with Gasteiger partial charge in [-0.15, -0.1) is 0 Å². The number of carbonyl (C=O) groups excluding carboxylic acids is 1. The number of allylic oxidation sites excluding steroid dienone is 1. The Hall–Kier alpha value is -3.78. The molecule has 3 N–H and O–H groups in total. The zero-order chi connectivity index (χ0) is 21.6. The van der Waals surface area contributed by atoms with E-state index < -0.39 is 0 Å². The highest BCUT2D eigenvalue weighted by atomic mass is 16.5. The summed E-state index contributed by atoms with van der Waals surface area (Å²) in [5.74, 6) is 1.42. The third kappa shape index (κ3) is 4.70. The number of ketones is 1. The minimum Gasteiger partial charge on any atom is -0.496 e.